The summed E-state index contributed by atoms with van der Waals surface area (Å²) in [6.07, 6.45) is 0.582. The summed E-state index contributed by atoms with van der Waals surface area (Å²) in [5.74, 6) is -1.83. The van der Waals surface area contributed by atoms with Crippen molar-refractivity contribution >= 4 is 22.8 Å². The lowest BCUT2D eigenvalue weighted by atomic mass is 10.0. The molecule has 1 unspecified atom stereocenters. The zero-order valence-electron chi connectivity index (χ0n) is 17.6. The van der Waals surface area contributed by atoms with Gasteiger partial charge in [-0.3, -0.25) is 19.0 Å². The summed E-state index contributed by atoms with van der Waals surface area (Å²) < 4.78 is 6.75. The highest BCUT2D eigenvalue weighted by Crippen LogP contribution is 2.38. The van der Waals surface area contributed by atoms with Gasteiger partial charge in [-0.1, -0.05) is 42.5 Å². The van der Waals surface area contributed by atoms with Crippen molar-refractivity contribution in [2.45, 2.75) is 38.8 Å². The largest absolute Gasteiger partial charge is 0.506 e. The van der Waals surface area contributed by atoms with Crippen LogP contribution >= 0.6 is 0 Å². The Morgan fingerprint density at radius 3 is 2.52 bits per heavy atom. The van der Waals surface area contributed by atoms with E-state index in [1.54, 1.807) is 37.5 Å². The van der Waals surface area contributed by atoms with Gasteiger partial charge >= 0.3 is 5.97 Å². The molecule has 31 heavy (non-hydrogen) atoms. The van der Waals surface area contributed by atoms with Crippen LogP contribution in [0.3, 0.4) is 0 Å². The van der Waals surface area contributed by atoms with E-state index >= 15 is 0 Å². The molecule has 0 aliphatic carbocycles. The maximum atomic E-state index is 13.4. The molecule has 0 spiro atoms. The van der Waals surface area contributed by atoms with E-state index in [0.29, 0.717) is 17.3 Å². The number of hydrogen-bond acceptors (Lipinski definition) is 5. The molecule has 0 bridgehead atoms. The van der Waals surface area contributed by atoms with Crippen molar-refractivity contribution in [3.05, 3.63) is 75.6 Å². The Balaban J connectivity index is 1.76. The molecule has 4 rings (SSSR count). The van der Waals surface area contributed by atoms with Gasteiger partial charge in [0.25, 0.3) is 11.5 Å². The van der Waals surface area contributed by atoms with Crippen molar-refractivity contribution in [1.82, 2.24) is 9.88 Å². The topological polar surface area (TPSA) is 97.6 Å². The molecule has 1 aromatic heterocycles. The molecule has 160 valence electrons. The summed E-state index contributed by atoms with van der Waals surface area (Å²) in [4.78, 5) is 38.2. The first kappa shape index (κ1) is 20.7. The Hall–Kier alpha value is -3.61. The number of amides is 1. The lowest BCUT2D eigenvalue weighted by Crippen LogP contribution is -2.38. The second-order valence-electron chi connectivity index (χ2n) is 8.61. The molecular formula is C24H24N2O5. The van der Waals surface area contributed by atoms with Crippen LogP contribution in [0.4, 0.5) is 0 Å². The molecule has 2 heterocycles. The molecule has 2 aromatic carbocycles. The van der Waals surface area contributed by atoms with Crippen molar-refractivity contribution in [3.63, 3.8) is 0 Å². The summed E-state index contributed by atoms with van der Waals surface area (Å²) in [6.45, 7) is 4.75. The minimum absolute atomic E-state index is 0.286. The Bertz CT molecular complexity index is 1240. The average Bonchev–Trinajstić information content (AvgIpc) is 3.11. The molecule has 7 nitrogen and oxygen atoms in total. The van der Waals surface area contributed by atoms with Gasteiger partial charge in [0, 0.05) is 5.39 Å². The summed E-state index contributed by atoms with van der Waals surface area (Å²) in [7, 11) is 0. The Morgan fingerprint density at radius 2 is 1.84 bits per heavy atom. The summed E-state index contributed by atoms with van der Waals surface area (Å²) in [5.41, 5.74) is 0.828. The van der Waals surface area contributed by atoms with E-state index in [1.165, 1.54) is 0 Å². The highest BCUT2D eigenvalue weighted by Gasteiger charge is 2.32. The normalized spacial score (nSPS) is 15.1. The van der Waals surface area contributed by atoms with Crippen LogP contribution in [-0.4, -0.2) is 33.7 Å². The van der Waals surface area contributed by atoms with Crippen LogP contribution in [0.1, 0.15) is 48.3 Å². The Kier molecular flexibility index (Phi) is 5.05. The number of aromatic hydroxyl groups is 1. The van der Waals surface area contributed by atoms with Gasteiger partial charge < -0.3 is 15.2 Å². The number of esters is 1. The van der Waals surface area contributed by atoms with Crippen molar-refractivity contribution in [3.8, 4) is 5.75 Å². The number of rotatable bonds is 4. The number of ether oxygens (including phenoxy) is 1. The van der Waals surface area contributed by atoms with E-state index in [0.717, 1.165) is 11.1 Å². The fourth-order valence-corrected chi connectivity index (χ4v) is 4.05. The van der Waals surface area contributed by atoms with Gasteiger partial charge in [-0.2, -0.15) is 0 Å². The Labute approximate surface area is 179 Å². The van der Waals surface area contributed by atoms with Crippen LogP contribution in [0.5, 0.6) is 5.75 Å². The van der Waals surface area contributed by atoms with Crippen LogP contribution in [0, 0.1) is 0 Å². The summed E-state index contributed by atoms with van der Waals surface area (Å²) in [6, 6.07) is 14.7. The van der Waals surface area contributed by atoms with E-state index in [1.807, 2.05) is 36.4 Å². The van der Waals surface area contributed by atoms with Crippen molar-refractivity contribution in [2.24, 2.45) is 0 Å². The Morgan fingerprint density at radius 1 is 1.13 bits per heavy atom. The van der Waals surface area contributed by atoms with Gasteiger partial charge in [0.1, 0.15) is 23.5 Å². The lowest BCUT2D eigenvalue weighted by molar-refractivity contribution is -0.153. The molecule has 0 fully saturated rings. The molecule has 1 atom stereocenters. The second-order valence-corrected chi connectivity index (χ2v) is 8.61. The minimum atomic E-state index is -0.817. The maximum absolute atomic E-state index is 13.4. The minimum Gasteiger partial charge on any atom is -0.506 e. The number of carbonyl (C=O) groups excluding carboxylic acids is 2. The molecule has 7 heteroatoms. The number of hydrogen-bond donors (Lipinski definition) is 2. The molecule has 1 aliphatic rings. The molecule has 1 amide bonds. The van der Waals surface area contributed by atoms with Gasteiger partial charge in [-0.05, 0) is 44.4 Å². The molecular weight excluding hydrogens is 396 g/mol. The molecule has 0 saturated heterocycles. The number of pyridine rings is 1. The fraction of sp³-hybridized carbons (Fsp3) is 0.292. The third kappa shape index (κ3) is 3.79. The van der Waals surface area contributed by atoms with Crippen molar-refractivity contribution in [2.75, 3.05) is 6.54 Å². The number of benzene rings is 2. The quantitative estimate of drug-likeness (QED) is 0.633. The number of para-hydroxylation sites is 1. The summed E-state index contributed by atoms with van der Waals surface area (Å²) >= 11 is 0. The SMILES string of the molecule is CC(C)(C)OC(=O)CNC(=O)c1c(O)c2cccc3c2n(c1=O)C(c1ccccc1)C3. The maximum Gasteiger partial charge on any atom is 0.325 e. The first-order valence-corrected chi connectivity index (χ1v) is 10.1. The first-order chi connectivity index (χ1) is 14.7. The highest BCUT2D eigenvalue weighted by molar-refractivity contribution is 6.04. The molecule has 1 aliphatic heterocycles. The predicted molar refractivity (Wildman–Crippen MR) is 116 cm³/mol. The molecule has 2 N–H and O–H groups in total. The zero-order valence-corrected chi connectivity index (χ0v) is 17.6. The van der Waals surface area contributed by atoms with Crippen LogP contribution in [0.15, 0.2) is 53.3 Å². The lowest BCUT2D eigenvalue weighted by Gasteiger charge is -2.20. The third-order valence-corrected chi connectivity index (χ3v) is 5.23. The zero-order chi connectivity index (χ0) is 22.3. The van der Waals surface area contributed by atoms with E-state index in [2.05, 4.69) is 5.32 Å². The van der Waals surface area contributed by atoms with E-state index < -0.39 is 29.6 Å². The number of carbonyl (C=O) groups is 2. The number of aromatic nitrogens is 1. The van der Waals surface area contributed by atoms with Gasteiger partial charge in [0.05, 0.1) is 11.6 Å². The van der Waals surface area contributed by atoms with Gasteiger partial charge in [-0.25, -0.2) is 0 Å². The van der Waals surface area contributed by atoms with Crippen molar-refractivity contribution in [1.29, 1.82) is 0 Å². The van der Waals surface area contributed by atoms with Crippen molar-refractivity contribution < 1.29 is 19.4 Å². The second kappa shape index (κ2) is 7.58. The van der Waals surface area contributed by atoms with Gasteiger partial charge in [-0.15, -0.1) is 0 Å². The standard InChI is InChI=1S/C24H24N2O5/c1-24(2,3)31-18(27)13-25-22(29)19-21(28)16-11-7-10-15-12-17(14-8-5-4-6-9-14)26(20(15)16)23(19)30/h4-11,17,28H,12-13H2,1-3H3,(H,25,29). The number of nitrogens with one attached hydrogen (secondary N) is 1. The first-order valence-electron chi connectivity index (χ1n) is 10.1. The monoisotopic (exact) mass is 420 g/mol. The van der Waals surface area contributed by atoms with E-state index in [9.17, 15) is 19.5 Å². The van der Waals surface area contributed by atoms with Crippen LogP contribution < -0.4 is 10.9 Å². The van der Waals surface area contributed by atoms with E-state index in [-0.39, 0.29) is 17.4 Å². The average molecular weight is 420 g/mol. The third-order valence-electron chi connectivity index (χ3n) is 5.23. The van der Waals surface area contributed by atoms with Crippen LogP contribution in [-0.2, 0) is 16.0 Å². The fourth-order valence-electron chi connectivity index (χ4n) is 4.05. The highest BCUT2D eigenvalue weighted by atomic mass is 16.6. The van der Waals surface area contributed by atoms with Crippen LogP contribution in [0.2, 0.25) is 0 Å². The summed E-state index contributed by atoms with van der Waals surface area (Å²) in [5, 5.41) is 13.6. The smallest absolute Gasteiger partial charge is 0.325 e. The van der Waals surface area contributed by atoms with E-state index in [4.69, 9.17) is 4.74 Å². The van der Waals surface area contributed by atoms with Gasteiger partial charge in [0.2, 0.25) is 0 Å². The predicted octanol–water partition coefficient (Wildman–Crippen LogP) is 2.92. The molecule has 3 aromatic rings. The molecule has 0 radical (unpaired) electrons. The van der Waals surface area contributed by atoms with Gasteiger partial charge in [0.15, 0.2) is 0 Å². The molecule has 0 saturated carbocycles. The number of nitrogens with zero attached hydrogens (tertiary/aromatic N) is 1. The van der Waals surface area contributed by atoms with Crippen LogP contribution in [0.25, 0.3) is 10.9 Å².